The SMILES string of the molecule is COc1ccc(CNC(=O)C(=O)NCc2n[nH]c(=O)c3ccccc23)cc1. The molecule has 1 aromatic heterocycles. The lowest BCUT2D eigenvalue weighted by atomic mass is 10.1. The lowest BCUT2D eigenvalue weighted by Crippen LogP contribution is -2.39. The van der Waals surface area contributed by atoms with E-state index < -0.39 is 11.8 Å². The predicted octanol–water partition coefficient (Wildman–Crippen LogP) is 0.864. The summed E-state index contributed by atoms with van der Waals surface area (Å²) in [6.07, 6.45) is 0. The Balaban J connectivity index is 1.58. The second-order valence-electron chi connectivity index (χ2n) is 5.76. The Bertz CT molecular complexity index is 1030. The highest BCUT2D eigenvalue weighted by Crippen LogP contribution is 2.12. The minimum absolute atomic E-state index is 0.0199. The van der Waals surface area contributed by atoms with Crippen molar-refractivity contribution in [3.8, 4) is 5.75 Å². The highest BCUT2D eigenvalue weighted by atomic mass is 16.5. The van der Waals surface area contributed by atoms with Crippen molar-refractivity contribution in [1.29, 1.82) is 0 Å². The first kappa shape index (κ1) is 18.1. The molecule has 0 atom stereocenters. The number of carbonyl (C=O) groups excluding carboxylic acids is 2. The van der Waals surface area contributed by atoms with Gasteiger partial charge in [0.1, 0.15) is 5.75 Å². The van der Waals surface area contributed by atoms with Crippen molar-refractivity contribution in [3.05, 3.63) is 70.1 Å². The number of methoxy groups -OCH3 is 1. The standard InChI is InChI=1S/C19H18N4O4/c1-27-13-8-6-12(7-9-13)10-20-18(25)19(26)21-11-16-14-4-2-3-5-15(14)17(24)23-22-16/h2-9H,10-11H2,1H3,(H,20,25)(H,21,26)(H,23,24). The maximum atomic E-state index is 12.0. The van der Waals surface area contributed by atoms with Crippen molar-refractivity contribution < 1.29 is 14.3 Å². The largest absolute Gasteiger partial charge is 0.497 e. The van der Waals surface area contributed by atoms with Crippen LogP contribution in [0.15, 0.2) is 53.3 Å². The fraction of sp³-hybridized carbons (Fsp3) is 0.158. The van der Waals surface area contributed by atoms with Crippen LogP contribution in [0.3, 0.4) is 0 Å². The van der Waals surface area contributed by atoms with Crippen molar-refractivity contribution >= 4 is 22.6 Å². The highest BCUT2D eigenvalue weighted by Gasteiger charge is 2.14. The molecule has 3 aromatic rings. The molecule has 8 heteroatoms. The number of hydrogen-bond acceptors (Lipinski definition) is 5. The molecule has 0 bridgehead atoms. The Hall–Kier alpha value is -3.68. The Morgan fingerprint density at radius 3 is 2.26 bits per heavy atom. The summed E-state index contributed by atoms with van der Waals surface area (Å²) in [7, 11) is 1.57. The molecule has 0 aliphatic heterocycles. The van der Waals surface area contributed by atoms with Gasteiger partial charge in [0.05, 0.1) is 24.7 Å². The minimum Gasteiger partial charge on any atom is -0.497 e. The van der Waals surface area contributed by atoms with Gasteiger partial charge in [0.25, 0.3) is 5.56 Å². The van der Waals surface area contributed by atoms with E-state index in [2.05, 4.69) is 20.8 Å². The van der Waals surface area contributed by atoms with Gasteiger partial charge in [-0.2, -0.15) is 5.10 Å². The van der Waals surface area contributed by atoms with Crippen LogP contribution in [0.4, 0.5) is 0 Å². The van der Waals surface area contributed by atoms with E-state index in [4.69, 9.17) is 4.74 Å². The zero-order valence-corrected chi connectivity index (χ0v) is 14.6. The number of rotatable bonds is 5. The smallest absolute Gasteiger partial charge is 0.309 e. The number of benzene rings is 2. The number of fused-ring (bicyclic) bond motifs is 1. The number of ether oxygens (including phenoxy) is 1. The molecule has 3 rings (SSSR count). The van der Waals surface area contributed by atoms with Crippen molar-refractivity contribution in [2.45, 2.75) is 13.1 Å². The molecule has 1 heterocycles. The molecule has 0 spiro atoms. The van der Waals surface area contributed by atoms with E-state index in [0.29, 0.717) is 22.2 Å². The van der Waals surface area contributed by atoms with Crippen molar-refractivity contribution in [2.75, 3.05) is 7.11 Å². The second-order valence-corrected chi connectivity index (χ2v) is 5.76. The lowest BCUT2D eigenvalue weighted by molar-refractivity contribution is -0.139. The number of nitrogens with zero attached hydrogens (tertiary/aromatic N) is 1. The van der Waals surface area contributed by atoms with Crippen LogP contribution >= 0.6 is 0 Å². The third-order valence-electron chi connectivity index (χ3n) is 4.01. The zero-order valence-electron chi connectivity index (χ0n) is 14.6. The summed E-state index contributed by atoms with van der Waals surface area (Å²) in [4.78, 5) is 35.7. The number of H-pyrrole nitrogens is 1. The number of carbonyl (C=O) groups is 2. The average Bonchev–Trinajstić information content (AvgIpc) is 2.72. The van der Waals surface area contributed by atoms with Gasteiger partial charge in [-0.05, 0) is 23.8 Å². The minimum atomic E-state index is -0.777. The quantitative estimate of drug-likeness (QED) is 0.580. The number of hydrogen-bond donors (Lipinski definition) is 3. The average molecular weight is 366 g/mol. The molecule has 0 unspecified atom stereocenters. The summed E-state index contributed by atoms with van der Waals surface area (Å²) in [5.41, 5.74) is 1.00. The van der Waals surface area contributed by atoms with Crippen LogP contribution in [0, 0.1) is 0 Å². The van der Waals surface area contributed by atoms with Crippen LogP contribution in [0.2, 0.25) is 0 Å². The molecule has 27 heavy (non-hydrogen) atoms. The van der Waals surface area contributed by atoms with E-state index in [0.717, 1.165) is 5.56 Å². The maximum absolute atomic E-state index is 12.0. The van der Waals surface area contributed by atoms with Crippen molar-refractivity contribution in [2.24, 2.45) is 0 Å². The molecule has 0 saturated carbocycles. The summed E-state index contributed by atoms with van der Waals surface area (Å²) >= 11 is 0. The van der Waals surface area contributed by atoms with Gasteiger partial charge in [0, 0.05) is 11.9 Å². The molecular formula is C19H18N4O4. The highest BCUT2D eigenvalue weighted by molar-refractivity contribution is 6.35. The number of aromatic amines is 1. The normalized spacial score (nSPS) is 10.4. The van der Waals surface area contributed by atoms with E-state index in [-0.39, 0.29) is 18.6 Å². The monoisotopic (exact) mass is 366 g/mol. The van der Waals surface area contributed by atoms with Crippen LogP contribution in [-0.4, -0.2) is 29.1 Å². The van der Waals surface area contributed by atoms with Crippen LogP contribution in [0.25, 0.3) is 10.8 Å². The number of nitrogens with one attached hydrogen (secondary N) is 3. The molecule has 2 aromatic carbocycles. The van der Waals surface area contributed by atoms with Gasteiger partial charge in [0.15, 0.2) is 0 Å². The Morgan fingerprint density at radius 1 is 0.963 bits per heavy atom. The van der Waals surface area contributed by atoms with E-state index in [1.807, 2.05) is 0 Å². The number of amides is 2. The second kappa shape index (κ2) is 8.13. The topological polar surface area (TPSA) is 113 Å². The summed E-state index contributed by atoms with van der Waals surface area (Å²) in [6.45, 7) is 0.238. The Morgan fingerprint density at radius 2 is 1.59 bits per heavy atom. The van der Waals surface area contributed by atoms with Crippen LogP contribution < -0.4 is 20.9 Å². The lowest BCUT2D eigenvalue weighted by Gasteiger charge is -2.08. The van der Waals surface area contributed by atoms with Crippen molar-refractivity contribution in [1.82, 2.24) is 20.8 Å². The fourth-order valence-corrected chi connectivity index (χ4v) is 2.56. The first-order valence-electron chi connectivity index (χ1n) is 8.23. The van der Waals surface area contributed by atoms with Gasteiger partial charge in [-0.15, -0.1) is 0 Å². The summed E-state index contributed by atoms with van der Waals surface area (Å²) in [6, 6.07) is 14.1. The molecule has 8 nitrogen and oxygen atoms in total. The molecule has 0 aliphatic rings. The summed E-state index contributed by atoms with van der Waals surface area (Å²) < 4.78 is 5.07. The van der Waals surface area contributed by atoms with Gasteiger partial charge in [0.2, 0.25) is 0 Å². The first-order valence-corrected chi connectivity index (χ1v) is 8.23. The predicted molar refractivity (Wildman–Crippen MR) is 99.1 cm³/mol. The first-order chi connectivity index (χ1) is 13.1. The summed E-state index contributed by atoms with van der Waals surface area (Å²) in [5, 5.41) is 12.5. The fourth-order valence-electron chi connectivity index (χ4n) is 2.56. The Labute approximate surface area is 154 Å². The molecule has 0 radical (unpaired) electrons. The van der Waals surface area contributed by atoms with Gasteiger partial charge >= 0.3 is 11.8 Å². The maximum Gasteiger partial charge on any atom is 0.309 e. The van der Waals surface area contributed by atoms with E-state index in [1.54, 1.807) is 55.6 Å². The van der Waals surface area contributed by atoms with Crippen LogP contribution in [0.5, 0.6) is 5.75 Å². The van der Waals surface area contributed by atoms with E-state index in [1.165, 1.54) is 0 Å². The molecule has 2 amide bonds. The van der Waals surface area contributed by atoms with Gasteiger partial charge < -0.3 is 15.4 Å². The summed E-state index contributed by atoms with van der Waals surface area (Å²) in [5.74, 6) is -0.816. The van der Waals surface area contributed by atoms with E-state index in [9.17, 15) is 14.4 Å². The molecule has 0 fully saturated rings. The van der Waals surface area contributed by atoms with E-state index >= 15 is 0 Å². The third-order valence-corrected chi connectivity index (χ3v) is 4.01. The molecule has 138 valence electrons. The van der Waals surface area contributed by atoms with Crippen LogP contribution in [0.1, 0.15) is 11.3 Å². The van der Waals surface area contributed by atoms with Crippen molar-refractivity contribution in [3.63, 3.8) is 0 Å². The molecule has 0 aliphatic carbocycles. The Kier molecular flexibility index (Phi) is 5.46. The third kappa shape index (κ3) is 4.30. The molecule has 3 N–H and O–H groups in total. The van der Waals surface area contributed by atoms with Gasteiger partial charge in [-0.3, -0.25) is 14.4 Å². The zero-order chi connectivity index (χ0) is 19.2. The number of aromatic nitrogens is 2. The van der Waals surface area contributed by atoms with Crippen LogP contribution in [-0.2, 0) is 22.7 Å². The molecule has 0 saturated heterocycles. The van der Waals surface area contributed by atoms with Gasteiger partial charge in [-0.25, -0.2) is 5.10 Å². The molecular weight excluding hydrogens is 348 g/mol. The van der Waals surface area contributed by atoms with Gasteiger partial charge in [-0.1, -0.05) is 30.3 Å².